The molecular weight excluding hydrogens is 240 g/mol. The van der Waals surface area contributed by atoms with Gasteiger partial charge in [-0.1, -0.05) is 13.3 Å². The van der Waals surface area contributed by atoms with E-state index in [1.54, 1.807) is 0 Å². The molecule has 3 atom stereocenters. The van der Waals surface area contributed by atoms with Crippen LogP contribution in [0.25, 0.3) is 0 Å². The number of β-amino-alcohol motifs (C(OH)–C–C–N with tert-alkyl or cyclic N) is 1. The highest BCUT2D eigenvalue weighted by molar-refractivity contribution is 4.86. The Morgan fingerprint density at radius 2 is 2.05 bits per heavy atom. The number of nitrogens with one attached hydrogen (secondary N) is 1. The van der Waals surface area contributed by atoms with Gasteiger partial charge in [0.15, 0.2) is 0 Å². The molecule has 0 spiro atoms. The van der Waals surface area contributed by atoms with Crippen molar-refractivity contribution in [3.63, 3.8) is 0 Å². The first kappa shape index (κ1) is 16.9. The molecule has 0 aromatic rings. The van der Waals surface area contributed by atoms with Crippen LogP contribution in [0.5, 0.6) is 0 Å². The van der Waals surface area contributed by atoms with Crippen LogP contribution in [0.2, 0.25) is 0 Å². The van der Waals surface area contributed by atoms with E-state index >= 15 is 0 Å². The molecule has 2 N–H and O–H groups in total. The maximum absolute atomic E-state index is 10.1. The average Bonchev–Trinajstić information content (AvgIpc) is 2.37. The number of nitrogens with zero attached hydrogens (tertiary/aromatic N) is 1. The van der Waals surface area contributed by atoms with Crippen LogP contribution in [0.1, 0.15) is 47.0 Å². The molecule has 0 aromatic carbocycles. The predicted molar refractivity (Wildman–Crippen MR) is 79.4 cm³/mol. The van der Waals surface area contributed by atoms with Crippen molar-refractivity contribution >= 4 is 0 Å². The lowest BCUT2D eigenvalue weighted by molar-refractivity contribution is -0.0212. The second-order valence-electron chi connectivity index (χ2n) is 5.94. The van der Waals surface area contributed by atoms with Gasteiger partial charge in [0.2, 0.25) is 0 Å². The quantitative estimate of drug-likeness (QED) is 0.705. The van der Waals surface area contributed by atoms with Gasteiger partial charge in [-0.15, -0.1) is 0 Å². The average molecular weight is 272 g/mol. The number of aliphatic hydroxyl groups is 1. The van der Waals surface area contributed by atoms with Crippen molar-refractivity contribution < 1.29 is 9.84 Å². The Labute approximate surface area is 118 Å². The van der Waals surface area contributed by atoms with Crippen LogP contribution in [0, 0.1) is 0 Å². The number of likely N-dealkylation sites (N-methyl/N-ethyl adjacent to an activating group) is 1. The summed E-state index contributed by atoms with van der Waals surface area (Å²) in [7, 11) is 0. The zero-order chi connectivity index (χ0) is 14.3. The fraction of sp³-hybridized carbons (Fsp3) is 1.00. The van der Waals surface area contributed by atoms with E-state index in [4.69, 9.17) is 4.74 Å². The minimum Gasteiger partial charge on any atom is -0.389 e. The van der Waals surface area contributed by atoms with Gasteiger partial charge in [0, 0.05) is 18.6 Å². The van der Waals surface area contributed by atoms with Crippen LogP contribution in [-0.2, 0) is 4.74 Å². The summed E-state index contributed by atoms with van der Waals surface area (Å²) in [5, 5.41) is 13.6. The van der Waals surface area contributed by atoms with E-state index in [0.29, 0.717) is 18.7 Å². The second-order valence-corrected chi connectivity index (χ2v) is 5.94. The van der Waals surface area contributed by atoms with Gasteiger partial charge in [-0.3, -0.25) is 4.90 Å². The van der Waals surface area contributed by atoms with Crippen LogP contribution < -0.4 is 5.32 Å². The second kappa shape index (κ2) is 8.90. The summed E-state index contributed by atoms with van der Waals surface area (Å²) in [5.41, 5.74) is 0. The zero-order valence-electron chi connectivity index (χ0n) is 13.1. The molecule has 0 radical (unpaired) electrons. The third-order valence-corrected chi connectivity index (χ3v) is 3.83. The highest BCUT2D eigenvalue weighted by Crippen LogP contribution is 2.20. The molecule has 0 bridgehead atoms. The maximum atomic E-state index is 10.1. The van der Waals surface area contributed by atoms with Crippen LogP contribution >= 0.6 is 0 Å². The van der Waals surface area contributed by atoms with Gasteiger partial charge < -0.3 is 15.2 Å². The number of likely N-dealkylation sites (tertiary alicyclic amines) is 1. The van der Waals surface area contributed by atoms with Crippen molar-refractivity contribution in [1.82, 2.24) is 10.2 Å². The summed E-state index contributed by atoms with van der Waals surface area (Å²) in [6.07, 6.45) is 3.58. The molecule has 0 aromatic heterocycles. The first-order chi connectivity index (χ1) is 9.04. The molecule has 19 heavy (non-hydrogen) atoms. The van der Waals surface area contributed by atoms with E-state index in [9.17, 15) is 5.11 Å². The molecule has 1 heterocycles. The molecule has 1 aliphatic rings. The number of rotatable bonds is 8. The summed E-state index contributed by atoms with van der Waals surface area (Å²) in [6.45, 7) is 11.7. The van der Waals surface area contributed by atoms with Crippen LogP contribution in [0.4, 0.5) is 0 Å². The Morgan fingerprint density at radius 1 is 1.32 bits per heavy atom. The first-order valence-electron chi connectivity index (χ1n) is 7.81. The Kier molecular flexibility index (Phi) is 7.91. The van der Waals surface area contributed by atoms with Crippen molar-refractivity contribution in [2.24, 2.45) is 0 Å². The van der Waals surface area contributed by atoms with Gasteiger partial charge in [-0.25, -0.2) is 0 Å². The van der Waals surface area contributed by atoms with E-state index in [-0.39, 0.29) is 12.2 Å². The molecule has 0 amide bonds. The molecule has 4 heteroatoms. The molecule has 1 aliphatic heterocycles. The lowest BCUT2D eigenvalue weighted by atomic mass is 9.96. The number of ether oxygens (including phenoxy) is 1. The minimum absolute atomic E-state index is 0.187. The van der Waals surface area contributed by atoms with Crippen molar-refractivity contribution in [2.75, 3.05) is 26.2 Å². The van der Waals surface area contributed by atoms with E-state index in [2.05, 4.69) is 24.1 Å². The molecule has 3 unspecified atom stereocenters. The number of piperidine rings is 1. The van der Waals surface area contributed by atoms with Crippen molar-refractivity contribution in [1.29, 1.82) is 0 Å². The lowest BCUT2D eigenvalue weighted by Gasteiger charge is -2.40. The predicted octanol–water partition coefficient (Wildman–Crippen LogP) is 1.62. The Bertz CT molecular complexity index is 236. The van der Waals surface area contributed by atoms with Gasteiger partial charge in [0.25, 0.3) is 0 Å². The van der Waals surface area contributed by atoms with Crippen LogP contribution in [-0.4, -0.2) is 60.5 Å². The fourth-order valence-electron chi connectivity index (χ4n) is 2.89. The zero-order valence-corrected chi connectivity index (χ0v) is 13.1. The lowest BCUT2D eigenvalue weighted by Crippen LogP contribution is -2.53. The Morgan fingerprint density at radius 3 is 2.68 bits per heavy atom. The molecule has 0 aliphatic carbocycles. The van der Waals surface area contributed by atoms with E-state index in [1.807, 2.05) is 13.8 Å². The normalized spacial score (nSPS) is 24.6. The Balaban J connectivity index is 2.43. The molecule has 4 nitrogen and oxygen atoms in total. The SMILES string of the molecule is CCNC(C)C1CCCCN1CC(O)COC(C)C. The van der Waals surface area contributed by atoms with E-state index in [0.717, 1.165) is 19.6 Å². The van der Waals surface area contributed by atoms with Gasteiger partial charge in [-0.2, -0.15) is 0 Å². The van der Waals surface area contributed by atoms with Crippen molar-refractivity contribution in [3.8, 4) is 0 Å². The Hall–Kier alpha value is -0.160. The van der Waals surface area contributed by atoms with Gasteiger partial charge in [0.1, 0.15) is 0 Å². The van der Waals surface area contributed by atoms with Gasteiger partial charge >= 0.3 is 0 Å². The number of hydrogen-bond acceptors (Lipinski definition) is 4. The number of aliphatic hydroxyl groups excluding tert-OH is 1. The molecule has 114 valence electrons. The van der Waals surface area contributed by atoms with E-state index < -0.39 is 0 Å². The largest absolute Gasteiger partial charge is 0.389 e. The van der Waals surface area contributed by atoms with Crippen LogP contribution in [0.15, 0.2) is 0 Å². The molecule has 0 saturated carbocycles. The standard InChI is InChI=1S/C15H32N2O2/c1-5-16-13(4)15-8-6-7-9-17(15)10-14(18)11-19-12(2)3/h12-16,18H,5-11H2,1-4H3. The first-order valence-corrected chi connectivity index (χ1v) is 7.81. The molecule has 1 saturated heterocycles. The highest BCUT2D eigenvalue weighted by Gasteiger charge is 2.28. The fourth-order valence-corrected chi connectivity index (χ4v) is 2.89. The molecule has 1 rings (SSSR count). The van der Waals surface area contributed by atoms with Crippen molar-refractivity contribution in [2.45, 2.75) is 71.2 Å². The van der Waals surface area contributed by atoms with E-state index in [1.165, 1.54) is 19.3 Å². The minimum atomic E-state index is -0.378. The maximum Gasteiger partial charge on any atom is 0.0900 e. The highest BCUT2D eigenvalue weighted by atomic mass is 16.5. The van der Waals surface area contributed by atoms with Gasteiger partial charge in [-0.05, 0) is 46.7 Å². The van der Waals surface area contributed by atoms with Gasteiger partial charge in [0.05, 0.1) is 18.8 Å². The topological polar surface area (TPSA) is 44.7 Å². The third-order valence-electron chi connectivity index (χ3n) is 3.83. The smallest absolute Gasteiger partial charge is 0.0900 e. The summed E-state index contributed by atoms with van der Waals surface area (Å²) >= 11 is 0. The van der Waals surface area contributed by atoms with Crippen molar-refractivity contribution in [3.05, 3.63) is 0 Å². The summed E-state index contributed by atoms with van der Waals surface area (Å²) in [5.74, 6) is 0. The summed E-state index contributed by atoms with van der Waals surface area (Å²) in [6, 6.07) is 1.03. The number of hydrogen-bond donors (Lipinski definition) is 2. The summed E-state index contributed by atoms with van der Waals surface area (Å²) in [4.78, 5) is 2.44. The molecule has 1 fully saturated rings. The third kappa shape index (κ3) is 6.21. The van der Waals surface area contributed by atoms with Crippen LogP contribution in [0.3, 0.4) is 0 Å². The summed E-state index contributed by atoms with van der Waals surface area (Å²) < 4.78 is 5.50. The molecular formula is C15H32N2O2. The monoisotopic (exact) mass is 272 g/mol.